The Labute approximate surface area is 139 Å². The fourth-order valence-electron chi connectivity index (χ4n) is 2.28. The molecule has 0 aliphatic rings. The molecule has 23 heavy (non-hydrogen) atoms. The average Bonchev–Trinajstić information content (AvgIpc) is 2.40. The van der Waals surface area contributed by atoms with Gasteiger partial charge >= 0.3 is 6.09 Å². The van der Waals surface area contributed by atoms with E-state index in [4.69, 9.17) is 16.9 Å². The van der Waals surface area contributed by atoms with E-state index in [9.17, 15) is 14.3 Å². The monoisotopic (exact) mass is 342 g/mol. The van der Waals surface area contributed by atoms with Gasteiger partial charge < -0.3 is 10.4 Å². The molecular formula is C15H20ClFN4O2. The molecule has 2 N–H and O–H groups in total. The van der Waals surface area contributed by atoms with Gasteiger partial charge in [-0.3, -0.25) is 4.90 Å². The van der Waals surface area contributed by atoms with Crippen molar-refractivity contribution in [2.75, 3.05) is 5.32 Å². The van der Waals surface area contributed by atoms with Gasteiger partial charge in [0.2, 0.25) is 0 Å². The maximum absolute atomic E-state index is 14.0. The van der Waals surface area contributed by atoms with Crippen molar-refractivity contribution in [2.45, 2.75) is 52.2 Å². The Kier molecular flexibility index (Phi) is 5.78. The molecule has 1 rings (SSSR count). The van der Waals surface area contributed by atoms with E-state index >= 15 is 0 Å². The molecule has 0 aliphatic heterocycles. The summed E-state index contributed by atoms with van der Waals surface area (Å²) in [4.78, 5) is 16.6. The number of nitrogens with one attached hydrogen (secondary N) is 1. The van der Waals surface area contributed by atoms with Crippen molar-refractivity contribution in [1.29, 1.82) is 5.26 Å². The van der Waals surface area contributed by atoms with Crippen molar-refractivity contribution < 1.29 is 14.3 Å². The Bertz CT molecular complexity index is 640. The van der Waals surface area contributed by atoms with Crippen molar-refractivity contribution in [1.82, 2.24) is 9.88 Å². The van der Waals surface area contributed by atoms with Crippen LogP contribution in [0.1, 0.15) is 40.2 Å². The Morgan fingerprint density at radius 3 is 2.52 bits per heavy atom. The molecular weight excluding hydrogens is 323 g/mol. The third-order valence-electron chi connectivity index (χ3n) is 3.47. The zero-order chi connectivity index (χ0) is 17.9. The molecule has 6 nitrogen and oxygen atoms in total. The van der Waals surface area contributed by atoms with Crippen molar-refractivity contribution in [3.05, 3.63) is 22.6 Å². The van der Waals surface area contributed by atoms with Gasteiger partial charge in [-0.2, -0.15) is 5.26 Å². The first-order valence-corrected chi connectivity index (χ1v) is 7.41. The van der Waals surface area contributed by atoms with E-state index in [2.05, 4.69) is 10.3 Å². The Hall–Kier alpha value is -2.07. The summed E-state index contributed by atoms with van der Waals surface area (Å²) in [6.45, 7) is 8.78. The fraction of sp³-hybridized carbons (Fsp3) is 0.533. The highest BCUT2D eigenvalue weighted by atomic mass is 35.5. The first-order valence-electron chi connectivity index (χ1n) is 7.04. The number of anilines is 1. The van der Waals surface area contributed by atoms with Crippen molar-refractivity contribution in [3.8, 4) is 6.07 Å². The first kappa shape index (κ1) is 19.0. The molecule has 0 bridgehead atoms. The highest BCUT2D eigenvalue weighted by Crippen LogP contribution is 2.23. The lowest BCUT2D eigenvalue weighted by molar-refractivity contribution is 0.0710. The number of hydrogen-bond acceptors (Lipinski definition) is 4. The zero-order valence-corrected chi connectivity index (χ0v) is 14.4. The van der Waals surface area contributed by atoms with E-state index < -0.39 is 29.5 Å². The van der Waals surface area contributed by atoms with E-state index in [1.807, 2.05) is 0 Å². The van der Waals surface area contributed by atoms with Crippen LogP contribution in [0.15, 0.2) is 6.07 Å². The molecule has 0 saturated carbocycles. The van der Waals surface area contributed by atoms with Gasteiger partial charge in [0.1, 0.15) is 11.2 Å². The second-order valence-corrected chi connectivity index (χ2v) is 6.62. The number of halogens is 2. The third kappa shape index (κ3) is 4.45. The summed E-state index contributed by atoms with van der Waals surface area (Å²) < 4.78 is 14.0. The standard InChI is InChI=1S/C15H20ClFN4O2/c1-8(9(2)21(14(22)23)15(3,4)5)19-13-11(17)6-10(7-18)12(16)20-13/h6,8-9H,1-5H3,(H,19,20)(H,22,23)/t8-,9-/m0/s1. The number of carbonyl (C=O) groups is 1. The molecule has 126 valence electrons. The predicted molar refractivity (Wildman–Crippen MR) is 86.1 cm³/mol. The second-order valence-electron chi connectivity index (χ2n) is 6.27. The van der Waals surface area contributed by atoms with Gasteiger partial charge in [0.15, 0.2) is 11.6 Å². The number of nitrogens with zero attached hydrogens (tertiary/aromatic N) is 3. The van der Waals surface area contributed by atoms with Gasteiger partial charge in [-0.1, -0.05) is 11.6 Å². The van der Waals surface area contributed by atoms with Gasteiger partial charge in [0.05, 0.1) is 11.6 Å². The summed E-state index contributed by atoms with van der Waals surface area (Å²) in [7, 11) is 0. The molecule has 0 saturated heterocycles. The lowest BCUT2D eigenvalue weighted by atomic mass is 10.0. The summed E-state index contributed by atoms with van der Waals surface area (Å²) in [5, 5.41) is 20.9. The van der Waals surface area contributed by atoms with Crippen LogP contribution in [0.2, 0.25) is 5.15 Å². The maximum atomic E-state index is 14.0. The highest BCUT2D eigenvalue weighted by molar-refractivity contribution is 6.30. The number of pyridine rings is 1. The summed E-state index contributed by atoms with van der Waals surface area (Å²) in [6, 6.07) is 1.85. The molecule has 1 amide bonds. The number of amides is 1. The summed E-state index contributed by atoms with van der Waals surface area (Å²) in [5.41, 5.74) is -0.674. The van der Waals surface area contributed by atoms with Crippen LogP contribution in [0.3, 0.4) is 0 Å². The molecule has 0 unspecified atom stereocenters. The lowest BCUT2D eigenvalue weighted by Crippen LogP contribution is -2.55. The number of hydrogen-bond donors (Lipinski definition) is 2. The van der Waals surface area contributed by atoms with Gasteiger partial charge in [0.25, 0.3) is 0 Å². The normalized spacial score (nSPS) is 13.8. The smallest absolute Gasteiger partial charge is 0.408 e. The Morgan fingerprint density at radius 1 is 1.52 bits per heavy atom. The minimum atomic E-state index is -1.06. The summed E-state index contributed by atoms with van der Waals surface area (Å²) in [6.07, 6.45) is -1.06. The maximum Gasteiger partial charge on any atom is 0.408 e. The SMILES string of the molecule is C[C@H](Nc1nc(Cl)c(C#N)cc1F)[C@H](C)N(C(=O)O)C(C)(C)C. The van der Waals surface area contributed by atoms with Crippen LogP contribution >= 0.6 is 11.6 Å². The first-order chi connectivity index (χ1) is 10.5. The summed E-state index contributed by atoms with van der Waals surface area (Å²) >= 11 is 5.81. The molecule has 0 aromatic carbocycles. The second kappa shape index (κ2) is 7.01. The molecule has 1 aromatic heterocycles. The molecule has 0 radical (unpaired) electrons. The minimum absolute atomic E-state index is 0.0581. The van der Waals surface area contributed by atoms with E-state index in [0.717, 1.165) is 6.07 Å². The van der Waals surface area contributed by atoms with Crippen LogP contribution in [-0.4, -0.2) is 38.7 Å². The molecule has 0 fully saturated rings. The Balaban J connectivity index is 3.03. The third-order valence-corrected chi connectivity index (χ3v) is 3.76. The van der Waals surface area contributed by atoms with Gasteiger partial charge in [-0.25, -0.2) is 14.2 Å². The van der Waals surface area contributed by atoms with Crippen molar-refractivity contribution in [2.24, 2.45) is 0 Å². The largest absolute Gasteiger partial charge is 0.465 e. The lowest BCUT2D eigenvalue weighted by Gasteiger charge is -2.40. The minimum Gasteiger partial charge on any atom is -0.465 e. The molecule has 1 aromatic rings. The van der Waals surface area contributed by atoms with E-state index in [1.165, 1.54) is 4.90 Å². The Morgan fingerprint density at radius 2 is 2.09 bits per heavy atom. The molecule has 8 heteroatoms. The predicted octanol–water partition coefficient (Wildman–Crippen LogP) is 3.71. The van der Waals surface area contributed by atoms with Gasteiger partial charge in [0, 0.05) is 11.6 Å². The van der Waals surface area contributed by atoms with Gasteiger partial charge in [-0.05, 0) is 40.7 Å². The number of nitriles is 1. The summed E-state index contributed by atoms with van der Waals surface area (Å²) in [5.74, 6) is -0.838. The number of aromatic nitrogens is 1. The van der Waals surface area contributed by atoms with Crippen LogP contribution in [0.5, 0.6) is 0 Å². The van der Waals surface area contributed by atoms with Crippen molar-refractivity contribution in [3.63, 3.8) is 0 Å². The number of carboxylic acid groups (broad SMARTS) is 1. The quantitative estimate of drug-likeness (QED) is 0.814. The zero-order valence-electron chi connectivity index (χ0n) is 13.7. The molecule has 2 atom stereocenters. The highest BCUT2D eigenvalue weighted by Gasteiger charge is 2.33. The van der Waals surface area contributed by atoms with Crippen LogP contribution < -0.4 is 5.32 Å². The van der Waals surface area contributed by atoms with Crippen LogP contribution in [0.25, 0.3) is 0 Å². The van der Waals surface area contributed by atoms with Crippen molar-refractivity contribution >= 4 is 23.5 Å². The van der Waals surface area contributed by atoms with E-state index in [-0.39, 0.29) is 16.5 Å². The topological polar surface area (TPSA) is 89.3 Å². The number of rotatable bonds is 4. The average molecular weight is 343 g/mol. The van der Waals surface area contributed by atoms with E-state index in [0.29, 0.717) is 0 Å². The molecule has 1 heterocycles. The van der Waals surface area contributed by atoms with Crippen LogP contribution in [0, 0.1) is 17.1 Å². The van der Waals surface area contributed by atoms with E-state index in [1.54, 1.807) is 40.7 Å². The van der Waals surface area contributed by atoms with Crippen LogP contribution in [0.4, 0.5) is 15.0 Å². The fourth-order valence-corrected chi connectivity index (χ4v) is 2.46. The van der Waals surface area contributed by atoms with Crippen LogP contribution in [-0.2, 0) is 0 Å². The molecule has 0 spiro atoms. The van der Waals surface area contributed by atoms with Gasteiger partial charge in [-0.15, -0.1) is 0 Å². The molecule has 0 aliphatic carbocycles.